The maximum absolute atomic E-state index is 12.5. The molecule has 1 saturated heterocycles. The average molecular weight is 363 g/mol. The van der Waals surface area contributed by atoms with E-state index in [1.165, 1.54) is 0 Å². The van der Waals surface area contributed by atoms with Gasteiger partial charge in [0.05, 0.1) is 5.69 Å². The van der Waals surface area contributed by atoms with Crippen LogP contribution >= 0.6 is 15.9 Å². The molecule has 0 atom stereocenters. The molecule has 1 aromatic carbocycles. The van der Waals surface area contributed by atoms with Gasteiger partial charge in [-0.25, -0.2) is 4.68 Å². The highest BCUT2D eigenvalue weighted by atomic mass is 79.9. The van der Waals surface area contributed by atoms with Crippen LogP contribution in [0.15, 0.2) is 41.0 Å². The molecule has 6 heteroatoms. The van der Waals surface area contributed by atoms with E-state index in [2.05, 4.69) is 26.3 Å². The normalized spacial score (nSPS) is 16.0. The van der Waals surface area contributed by atoms with Gasteiger partial charge in [-0.2, -0.15) is 5.10 Å². The van der Waals surface area contributed by atoms with Crippen LogP contribution in [0.3, 0.4) is 0 Å². The molecule has 0 aliphatic carbocycles. The second kappa shape index (κ2) is 6.62. The molecule has 1 aliphatic rings. The molecular formula is C16H19BrN4O. The van der Waals surface area contributed by atoms with Crippen LogP contribution in [0.4, 0.5) is 0 Å². The monoisotopic (exact) mass is 362 g/mol. The van der Waals surface area contributed by atoms with E-state index in [1.54, 1.807) is 10.7 Å². The molecule has 1 amide bonds. The first-order valence-electron chi connectivity index (χ1n) is 7.45. The van der Waals surface area contributed by atoms with Gasteiger partial charge >= 0.3 is 0 Å². The van der Waals surface area contributed by atoms with Gasteiger partial charge in [-0.3, -0.25) is 4.79 Å². The Morgan fingerprint density at radius 3 is 2.77 bits per heavy atom. The quantitative estimate of drug-likeness (QED) is 0.912. The van der Waals surface area contributed by atoms with E-state index in [-0.39, 0.29) is 5.91 Å². The van der Waals surface area contributed by atoms with Crippen LogP contribution in [0, 0.1) is 0 Å². The summed E-state index contributed by atoms with van der Waals surface area (Å²) in [6.45, 7) is 1.57. The van der Waals surface area contributed by atoms with Crippen LogP contribution in [0.25, 0.3) is 5.69 Å². The molecule has 0 saturated carbocycles. The van der Waals surface area contributed by atoms with Crippen molar-refractivity contribution in [2.24, 2.45) is 0 Å². The predicted octanol–water partition coefficient (Wildman–Crippen LogP) is 2.46. The first-order chi connectivity index (χ1) is 10.7. The molecule has 2 aromatic rings. The lowest BCUT2D eigenvalue weighted by Crippen LogP contribution is -2.44. The highest BCUT2D eigenvalue weighted by Crippen LogP contribution is 2.17. The first-order valence-corrected chi connectivity index (χ1v) is 8.25. The number of hydrogen-bond donors (Lipinski definition) is 1. The molecular weight excluding hydrogens is 344 g/mol. The Labute approximate surface area is 138 Å². The highest BCUT2D eigenvalue weighted by molar-refractivity contribution is 9.10. The number of halogens is 1. The van der Waals surface area contributed by atoms with Crippen LogP contribution < -0.4 is 5.32 Å². The lowest BCUT2D eigenvalue weighted by molar-refractivity contribution is 0.0701. The second-order valence-corrected chi connectivity index (χ2v) is 6.40. The summed E-state index contributed by atoms with van der Waals surface area (Å²) in [7, 11) is 1.97. The zero-order chi connectivity index (χ0) is 15.5. The number of amides is 1. The summed E-state index contributed by atoms with van der Waals surface area (Å²) < 4.78 is 2.72. The summed E-state index contributed by atoms with van der Waals surface area (Å²) in [5.74, 6) is 0.0169. The van der Waals surface area contributed by atoms with Gasteiger partial charge in [-0.15, -0.1) is 0 Å². The van der Waals surface area contributed by atoms with Crippen molar-refractivity contribution in [2.45, 2.75) is 18.9 Å². The molecule has 1 aliphatic heterocycles. The third kappa shape index (κ3) is 3.23. The summed E-state index contributed by atoms with van der Waals surface area (Å²) in [6, 6.07) is 10.1. The van der Waals surface area contributed by atoms with E-state index >= 15 is 0 Å². The largest absolute Gasteiger partial charge is 0.337 e. The van der Waals surface area contributed by atoms with Gasteiger partial charge in [0, 0.05) is 29.8 Å². The van der Waals surface area contributed by atoms with Crippen LogP contribution in [-0.2, 0) is 0 Å². The third-order valence-electron chi connectivity index (χ3n) is 4.07. The SMILES string of the molecule is CNC1CCN(C(=O)c2ccn(-c3cccc(Br)c3)n2)CC1. The van der Waals surface area contributed by atoms with E-state index in [0.29, 0.717) is 11.7 Å². The van der Waals surface area contributed by atoms with Crippen LogP contribution in [0.5, 0.6) is 0 Å². The Morgan fingerprint density at radius 1 is 1.32 bits per heavy atom. The Bertz CT molecular complexity index is 662. The standard InChI is InChI=1S/C16H19BrN4O/c1-18-13-5-8-20(9-6-13)16(22)15-7-10-21(19-15)14-4-2-3-12(17)11-14/h2-4,7,10-11,13,18H,5-6,8-9H2,1H3. The van der Waals surface area contributed by atoms with Gasteiger partial charge < -0.3 is 10.2 Å². The van der Waals surface area contributed by atoms with Gasteiger partial charge in [-0.05, 0) is 44.2 Å². The van der Waals surface area contributed by atoms with Crippen LogP contribution in [-0.4, -0.2) is 46.8 Å². The van der Waals surface area contributed by atoms with E-state index < -0.39 is 0 Å². The van der Waals surface area contributed by atoms with Crippen LogP contribution in [0.2, 0.25) is 0 Å². The Hall–Kier alpha value is -1.66. The molecule has 0 bridgehead atoms. The van der Waals surface area contributed by atoms with Gasteiger partial charge in [0.15, 0.2) is 5.69 Å². The first kappa shape index (κ1) is 15.2. The number of benzene rings is 1. The van der Waals surface area contributed by atoms with E-state index in [1.807, 2.05) is 42.4 Å². The van der Waals surface area contributed by atoms with Crippen molar-refractivity contribution in [3.05, 3.63) is 46.7 Å². The number of likely N-dealkylation sites (tertiary alicyclic amines) is 1. The lowest BCUT2D eigenvalue weighted by atomic mass is 10.1. The zero-order valence-corrected chi connectivity index (χ0v) is 14.1. The lowest BCUT2D eigenvalue weighted by Gasteiger charge is -2.31. The summed E-state index contributed by atoms with van der Waals surface area (Å²) in [4.78, 5) is 14.4. The average Bonchev–Trinajstić information content (AvgIpc) is 3.04. The summed E-state index contributed by atoms with van der Waals surface area (Å²) in [6.07, 6.45) is 3.82. The predicted molar refractivity (Wildman–Crippen MR) is 89.2 cm³/mol. The number of carbonyl (C=O) groups excluding carboxylic acids is 1. The van der Waals surface area contributed by atoms with Gasteiger partial charge in [0.25, 0.3) is 5.91 Å². The molecule has 22 heavy (non-hydrogen) atoms. The molecule has 2 heterocycles. The fraction of sp³-hybridized carbons (Fsp3) is 0.375. The van der Waals surface area contributed by atoms with Gasteiger partial charge in [0.1, 0.15) is 0 Å². The fourth-order valence-corrected chi connectivity index (χ4v) is 3.12. The van der Waals surface area contributed by atoms with Crippen molar-refractivity contribution in [3.63, 3.8) is 0 Å². The van der Waals surface area contributed by atoms with E-state index in [9.17, 15) is 4.79 Å². The van der Waals surface area contributed by atoms with Crippen molar-refractivity contribution in [2.75, 3.05) is 20.1 Å². The molecule has 3 rings (SSSR count). The van der Waals surface area contributed by atoms with Crippen molar-refractivity contribution in [3.8, 4) is 5.69 Å². The number of nitrogens with zero attached hydrogens (tertiary/aromatic N) is 3. The molecule has 1 N–H and O–H groups in total. The fourth-order valence-electron chi connectivity index (χ4n) is 2.73. The highest BCUT2D eigenvalue weighted by Gasteiger charge is 2.24. The number of aromatic nitrogens is 2. The minimum absolute atomic E-state index is 0.0169. The molecule has 0 spiro atoms. The van der Waals surface area contributed by atoms with Crippen molar-refractivity contribution in [1.29, 1.82) is 0 Å². The van der Waals surface area contributed by atoms with Crippen molar-refractivity contribution >= 4 is 21.8 Å². The molecule has 5 nitrogen and oxygen atoms in total. The maximum Gasteiger partial charge on any atom is 0.274 e. The minimum Gasteiger partial charge on any atom is -0.337 e. The van der Waals surface area contributed by atoms with E-state index in [4.69, 9.17) is 0 Å². The number of nitrogens with one attached hydrogen (secondary N) is 1. The minimum atomic E-state index is 0.0169. The number of hydrogen-bond acceptors (Lipinski definition) is 3. The van der Waals surface area contributed by atoms with Crippen LogP contribution in [0.1, 0.15) is 23.3 Å². The topological polar surface area (TPSA) is 50.2 Å². The van der Waals surface area contributed by atoms with Crippen molar-refractivity contribution < 1.29 is 4.79 Å². The maximum atomic E-state index is 12.5. The molecule has 116 valence electrons. The summed E-state index contributed by atoms with van der Waals surface area (Å²) in [5, 5.41) is 7.70. The summed E-state index contributed by atoms with van der Waals surface area (Å²) in [5.41, 5.74) is 1.44. The number of carbonyl (C=O) groups is 1. The third-order valence-corrected chi connectivity index (χ3v) is 4.56. The molecule has 0 unspecified atom stereocenters. The summed E-state index contributed by atoms with van der Waals surface area (Å²) >= 11 is 3.45. The van der Waals surface area contributed by atoms with Gasteiger partial charge in [-0.1, -0.05) is 22.0 Å². The zero-order valence-electron chi connectivity index (χ0n) is 12.5. The molecule has 1 aromatic heterocycles. The Balaban J connectivity index is 1.72. The van der Waals surface area contributed by atoms with Crippen molar-refractivity contribution in [1.82, 2.24) is 20.0 Å². The smallest absolute Gasteiger partial charge is 0.274 e. The number of rotatable bonds is 3. The Kier molecular flexibility index (Phi) is 4.59. The molecule has 1 fully saturated rings. The number of piperidine rings is 1. The van der Waals surface area contributed by atoms with E-state index in [0.717, 1.165) is 36.1 Å². The second-order valence-electron chi connectivity index (χ2n) is 5.48. The Morgan fingerprint density at radius 2 is 2.09 bits per heavy atom. The van der Waals surface area contributed by atoms with Gasteiger partial charge in [0.2, 0.25) is 0 Å². The molecule has 0 radical (unpaired) electrons.